The number of hydroxylamine groups is 2. The van der Waals surface area contributed by atoms with Gasteiger partial charge in [0.15, 0.2) is 0 Å². The van der Waals surface area contributed by atoms with E-state index in [9.17, 15) is 4.79 Å². The van der Waals surface area contributed by atoms with Crippen molar-refractivity contribution in [1.29, 1.82) is 0 Å². The summed E-state index contributed by atoms with van der Waals surface area (Å²) in [5.74, 6) is 0.269. The summed E-state index contributed by atoms with van der Waals surface area (Å²) >= 11 is 0. The van der Waals surface area contributed by atoms with E-state index >= 15 is 0 Å². The maximum Gasteiger partial charge on any atom is 0.230 e. The van der Waals surface area contributed by atoms with Crippen LogP contribution in [0.5, 0.6) is 0 Å². The van der Waals surface area contributed by atoms with Gasteiger partial charge in [0.25, 0.3) is 0 Å². The van der Waals surface area contributed by atoms with E-state index in [0.29, 0.717) is 5.91 Å². The molecule has 22 heavy (non-hydrogen) atoms. The van der Waals surface area contributed by atoms with E-state index in [1.165, 1.54) is 6.42 Å². The van der Waals surface area contributed by atoms with Gasteiger partial charge in [-0.25, -0.2) is 0 Å². The van der Waals surface area contributed by atoms with Crippen LogP contribution in [0.1, 0.15) is 43.8 Å². The summed E-state index contributed by atoms with van der Waals surface area (Å²) < 4.78 is 0. The van der Waals surface area contributed by atoms with Crippen molar-refractivity contribution in [3.05, 3.63) is 35.9 Å². The fourth-order valence-corrected chi connectivity index (χ4v) is 4.20. The highest BCUT2D eigenvalue weighted by molar-refractivity contribution is 5.81. The summed E-state index contributed by atoms with van der Waals surface area (Å²) in [7, 11) is 0. The third-order valence-corrected chi connectivity index (χ3v) is 5.32. The Balaban J connectivity index is 1.61. The SMILES string of the molecule is O=C([C@@H]1C2CCCN2O[C@H]1c1ccccc1)N1CCCCC1. The van der Waals surface area contributed by atoms with Gasteiger partial charge in [0.1, 0.15) is 6.10 Å². The number of fused-ring (bicyclic) bond motifs is 1. The van der Waals surface area contributed by atoms with E-state index < -0.39 is 0 Å². The second-order valence-electron chi connectivity index (χ2n) is 6.70. The topological polar surface area (TPSA) is 32.8 Å². The number of nitrogens with zero attached hydrogens (tertiary/aromatic N) is 2. The molecule has 1 aromatic rings. The van der Waals surface area contributed by atoms with Gasteiger partial charge in [-0.2, -0.15) is 5.06 Å². The average molecular weight is 300 g/mol. The fourth-order valence-electron chi connectivity index (χ4n) is 4.20. The van der Waals surface area contributed by atoms with Gasteiger partial charge >= 0.3 is 0 Å². The number of carbonyl (C=O) groups is 1. The first-order valence-electron chi connectivity index (χ1n) is 8.62. The summed E-state index contributed by atoms with van der Waals surface area (Å²) in [6.45, 7) is 2.80. The van der Waals surface area contributed by atoms with E-state index in [1.54, 1.807) is 0 Å². The predicted molar refractivity (Wildman–Crippen MR) is 83.9 cm³/mol. The number of hydrogen-bond acceptors (Lipinski definition) is 3. The molecule has 118 valence electrons. The summed E-state index contributed by atoms with van der Waals surface area (Å²) in [6, 6.07) is 10.5. The van der Waals surface area contributed by atoms with Crippen molar-refractivity contribution in [3.8, 4) is 0 Å². The lowest BCUT2D eigenvalue weighted by Gasteiger charge is -2.31. The van der Waals surface area contributed by atoms with E-state index in [4.69, 9.17) is 4.84 Å². The molecule has 4 rings (SSSR count). The van der Waals surface area contributed by atoms with E-state index in [2.05, 4.69) is 22.1 Å². The molecule has 0 N–H and O–H groups in total. The van der Waals surface area contributed by atoms with Gasteiger partial charge < -0.3 is 4.90 Å². The third kappa shape index (κ3) is 2.44. The molecule has 3 aliphatic heterocycles. The molecular formula is C18H24N2O2. The van der Waals surface area contributed by atoms with Crippen LogP contribution in [0.4, 0.5) is 0 Å². The van der Waals surface area contributed by atoms with Crippen molar-refractivity contribution < 1.29 is 9.63 Å². The quantitative estimate of drug-likeness (QED) is 0.842. The number of rotatable bonds is 2. The number of hydrogen-bond donors (Lipinski definition) is 0. The maximum absolute atomic E-state index is 13.1. The van der Waals surface area contributed by atoms with E-state index in [0.717, 1.165) is 50.9 Å². The highest BCUT2D eigenvalue weighted by Gasteiger charge is 2.50. The lowest BCUT2D eigenvalue weighted by Crippen LogP contribution is -2.44. The van der Waals surface area contributed by atoms with E-state index in [1.807, 2.05) is 18.2 Å². The molecule has 1 unspecified atom stereocenters. The first kappa shape index (κ1) is 14.2. The number of likely N-dealkylation sites (tertiary alicyclic amines) is 1. The van der Waals surface area contributed by atoms with Crippen LogP contribution in [0.2, 0.25) is 0 Å². The largest absolute Gasteiger partial charge is 0.342 e. The van der Waals surface area contributed by atoms with Crippen LogP contribution < -0.4 is 0 Å². The highest BCUT2D eigenvalue weighted by atomic mass is 16.7. The third-order valence-electron chi connectivity index (χ3n) is 5.32. The standard InChI is InChI=1S/C18H24N2O2/c21-18(19-11-5-2-6-12-19)16-15-10-7-13-20(15)22-17(16)14-8-3-1-4-9-14/h1,3-4,8-9,15-17H,2,5-7,10-13H2/t15?,16-,17+/m1/s1. The van der Waals surface area contributed by atoms with Crippen LogP contribution in [0, 0.1) is 5.92 Å². The van der Waals surface area contributed by atoms with Gasteiger partial charge in [0.05, 0.1) is 5.92 Å². The smallest absolute Gasteiger partial charge is 0.230 e. The Bertz CT molecular complexity index is 527. The van der Waals surface area contributed by atoms with Crippen LogP contribution >= 0.6 is 0 Å². The second kappa shape index (κ2) is 6.01. The van der Waals surface area contributed by atoms with Gasteiger partial charge in [-0.05, 0) is 37.7 Å². The number of carbonyl (C=O) groups excluding carboxylic acids is 1. The maximum atomic E-state index is 13.1. The zero-order chi connectivity index (χ0) is 14.9. The number of amides is 1. The monoisotopic (exact) mass is 300 g/mol. The zero-order valence-corrected chi connectivity index (χ0v) is 13.0. The lowest BCUT2D eigenvalue weighted by atomic mass is 9.87. The van der Waals surface area contributed by atoms with Crippen molar-refractivity contribution in [2.24, 2.45) is 5.92 Å². The fraction of sp³-hybridized carbons (Fsp3) is 0.611. The molecule has 0 spiro atoms. The summed E-state index contributed by atoms with van der Waals surface area (Å²) in [5.41, 5.74) is 1.13. The highest BCUT2D eigenvalue weighted by Crippen LogP contribution is 2.44. The lowest BCUT2D eigenvalue weighted by molar-refractivity contribution is -0.153. The van der Waals surface area contributed by atoms with Crippen molar-refractivity contribution in [2.45, 2.75) is 44.2 Å². The number of benzene rings is 1. The molecule has 3 heterocycles. The average Bonchev–Trinajstić information content (AvgIpc) is 3.16. The van der Waals surface area contributed by atoms with Gasteiger partial charge in [-0.1, -0.05) is 30.3 Å². The van der Waals surface area contributed by atoms with Gasteiger partial charge in [0, 0.05) is 25.7 Å². The van der Waals surface area contributed by atoms with Crippen LogP contribution in [-0.2, 0) is 9.63 Å². The molecule has 3 aliphatic rings. The molecular weight excluding hydrogens is 276 g/mol. The minimum absolute atomic E-state index is 0.0389. The van der Waals surface area contributed by atoms with Crippen LogP contribution in [0.25, 0.3) is 0 Å². The first-order valence-corrected chi connectivity index (χ1v) is 8.62. The van der Waals surface area contributed by atoms with Crippen molar-refractivity contribution in [1.82, 2.24) is 9.96 Å². The summed E-state index contributed by atoms with van der Waals surface area (Å²) in [5, 5.41) is 2.07. The second-order valence-corrected chi connectivity index (χ2v) is 6.70. The van der Waals surface area contributed by atoms with Gasteiger partial charge in [-0.15, -0.1) is 0 Å². The Morgan fingerprint density at radius 1 is 1.00 bits per heavy atom. The van der Waals surface area contributed by atoms with Gasteiger partial charge in [0.2, 0.25) is 5.91 Å². The minimum atomic E-state index is -0.110. The molecule has 1 amide bonds. The molecule has 0 aliphatic carbocycles. The minimum Gasteiger partial charge on any atom is -0.342 e. The Morgan fingerprint density at radius 2 is 1.77 bits per heavy atom. The molecule has 0 saturated carbocycles. The molecule has 0 bridgehead atoms. The molecule has 0 aromatic heterocycles. The van der Waals surface area contributed by atoms with Crippen molar-refractivity contribution in [3.63, 3.8) is 0 Å². The Hall–Kier alpha value is -1.39. The summed E-state index contributed by atoms with van der Waals surface area (Å²) in [4.78, 5) is 21.4. The van der Waals surface area contributed by atoms with Crippen LogP contribution in [0.3, 0.4) is 0 Å². The Kier molecular flexibility index (Phi) is 3.89. The molecule has 3 saturated heterocycles. The molecule has 4 nitrogen and oxygen atoms in total. The van der Waals surface area contributed by atoms with Crippen molar-refractivity contribution in [2.75, 3.05) is 19.6 Å². The molecule has 0 radical (unpaired) electrons. The van der Waals surface area contributed by atoms with Crippen LogP contribution in [0.15, 0.2) is 30.3 Å². The Labute approximate surface area is 132 Å². The normalized spacial score (nSPS) is 32.2. The number of piperidine rings is 1. The molecule has 1 aromatic carbocycles. The predicted octanol–water partition coefficient (Wildman–Crippen LogP) is 2.77. The molecule has 4 heteroatoms. The molecule has 3 atom stereocenters. The van der Waals surface area contributed by atoms with E-state index in [-0.39, 0.29) is 18.1 Å². The van der Waals surface area contributed by atoms with Gasteiger partial charge in [-0.3, -0.25) is 9.63 Å². The van der Waals surface area contributed by atoms with Crippen LogP contribution in [-0.4, -0.2) is 41.5 Å². The van der Waals surface area contributed by atoms with Crippen molar-refractivity contribution >= 4 is 5.91 Å². The first-order chi connectivity index (χ1) is 10.8. The summed E-state index contributed by atoms with van der Waals surface area (Å²) in [6.07, 6.45) is 5.64. The zero-order valence-electron chi connectivity index (χ0n) is 13.0. The molecule has 3 fully saturated rings. The Morgan fingerprint density at radius 3 is 2.55 bits per heavy atom.